The van der Waals surface area contributed by atoms with Crippen LogP contribution in [0.4, 0.5) is 24.5 Å². The van der Waals surface area contributed by atoms with Gasteiger partial charge in [-0.3, -0.25) is 4.79 Å². The normalized spacial score (nSPS) is 32.6. The summed E-state index contributed by atoms with van der Waals surface area (Å²) in [7, 11) is 3.39. The maximum absolute atomic E-state index is 13.5. The molecule has 4 saturated carbocycles. The van der Waals surface area contributed by atoms with Crippen molar-refractivity contribution < 1.29 is 18.0 Å². The van der Waals surface area contributed by atoms with Crippen molar-refractivity contribution >= 4 is 17.3 Å². The Morgan fingerprint density at radius 2 is 1.62 bits per heavy atom. The topological polar surface area (TPSA) is 32.3 Å². The minimum Gasteiger partial charge on any atom is -0.378 e. The summed E-state index contributed by atoms with van der Waals surface area (Å²) < 4.78 is 40.5. The van der Waals surface area contributed by atoms with E-state index >= 15 is 0 Å². The Morgan fingerprint density at radius 1 is 1.04 bits per heavy atom. The highest BCUT2D eigenvalue weighted by molar-refractivity contribution is 5.94. The van der Waals surface area contributed by atoms with E-state index in [1.807, 2.05) is 0 Å². The van der Waals surface area contributed by atoms with Crippen molar-refractivity contribution in [2.24, 2.45) is 29.6 Å². The van der Waals surface area contributed by atoms with Gasteiger partial charge in [-0.05, 0) is 74.0 Å². The molecule has 3 nitrogen and oxygen atoms in total. The van der Waals surface area contributed by atoms with Gasteiger partial charge in [0.2, 0.25) is 5.91 Å². The number of halogens is 3. The first-order valence-corrected chi connectivity index (χ1v) is 9.41. The Morgan fingerprint density at radius 3 is 2.12 bits per heavy atom. The van der Waals surface area contributed by atoms with Gasteiger partial charge < -0.3 is 10.2 Å². The maximum Gasteiger partial charge on any atom is 0.418 e. The van der Waals surface area contributed by atoms with Crippen LogP contribution in [0, 0.1) is 29.6 Å². The van der Waals surface area contributed by atoms with Gasteiger partial charge in [0, 0.05) is 25.7 Å². The molecule has 0 heterocycles. The van der Waals surface area contributed by atoms with Crippen molar-refractivity contribution in [1.82, 2.24) is 0 Å². The number of nitrogens with one attached hydrogen (secondary N) is 1. The highest BCUT2D eigenvalue weighted by Crippen LogP contribution is 2.56. The molecule has 0 saturated heterocycles. The molecule has 4 fully saturated rings. The molecule has 0 atom stereocenters. The molecule has 142 valence electrons. The largest absolute Gasteiger partial charge is 0.418 e. The molecule has 6 heteroatoms. The molecule has 1 amide bonds. The van der Waals surface area contributed by atoms with Gasteiger partial charge in [-0.2, -0.15) is 13.2 Å². The number of benzene rings is 1. The zero-order valence-electron chi connectivity index (χ0n) is 15.1. The number of alkyl halides is 3. The van der Waals surface area contributed by atoms with E-state index in [2.05, 4.69) is 5.32 Å². The highest BCUT2D eigenvalue weighted by atomic mass is 19.4. The minimum atomic E-state index is -4.50. The van der Waals surface area contributed by atoms with E-state index in [0.29, 0.717) is 17.5 Å². The fourth-order valence-corrected chi connectivity index (χ4v) is 5.72. The number of amides is 1. The SMILES string of the molecule is CN(C)c1ccc(NC(=O)C2C3CC4CC(C3)CC2C4)c(C(F)(F)F)c1. The summed E-state index contributed by atoms with van der Waals surface area (Å²) in [5.74, 6) is 1.81. The molecule has 26 heavy (non-hydrogen) atoms. The fraction of sp³-hybridized carbons (Fsp3) is 0.650. The smallest absolute Gasteiger partial charge is 0.378 e. The maximum atomic E-state index is 13.5. The molecule has 5 rings (SSSR count). The van der Waals surface area contributed by atoms with E-state index in [9.17, 15) is 18.0 Å². The molecule has 1 aromatic rings. The van der Waals surface area contributed by atoms with Crippen LogP contribution in [0.2, 0.25) is 0 Å². The Labute approximate surface area is 151 Å². The third-order valence-electron chi connectivity index (χ3n) is 6.61. The molecule has 4 aliphatic rings. The minimum absolute atomic E-state index is 0.123. The summed E-state index contributed by atoms with van der Waals surface area (Å²) in [5.41, 5.74) is -0.437. The fourth-order valence-electron chi connectivity index (χ4n) is 5.72. The van der Waals surface area contributed by atoms with Gasteiger partial charge in [0.1, 0.15) is 0 Å². The molecule has 1 aromatic carbocycles. The van der Waals surface area contributed by atoms with Gasteiger partial charge in [-0.15, -0.1) is 0 Å². The van der Waals surface area contributed by atoms with Crippen LogP contribution in [0.5, 0.6) is 0 Å². The average Bonchev–Trinajstić information content (AvgIpc) is 2.52. The molecule has 4 bridgehead atoms. The zero-order valence-corrected chi connectivity index (χ0v) is 15.1. The van der Waals surface area contributed by atoms with Crippen LogP contribution in [0.3, 0.4) is 0 Å². The average molecular weight is 366 g/mol. The first-order valence-electron chi connectivity index (χ1n) is 9.41. The summed E-state index contributed by atoms with van der Waals surface area (Å²) in [4.78, 5) is 14.5. The van der Waals surface area contributed by atoms with E-state index in [1.54, 1.807) is 25.1 Å². The lowest BCUT2D eigenvalue weighted by atomic mass is 9.51. The first-order chi connectivity index (χ1) is 12.2. The van der Waals surface area contributed by atoms with Crippen LogP contribution in [0.25, 0.3) is 0 Å². The van der Waals surface area contributed by atoms with Crippen molar-refractivity contribution in [2.45, 2.75) is 38.3 Å². The lowest BCUT2D eigenvalue weighted by Crippen LogP contribution is -2.49. The van der Waals surface area contributed by atoms with Crippen molar-refractivity contribution in [3.8, 4) is 0 Å². The van der Waals surface area contributed by atoms with Crippen LogP contribution >= 0.6 is 0 Å². The number of carbonyl (C=O) groups is 1. The van der Waals surface area contributed by atoms with E-state index in [-0.39, 0.29) is 17.5 Å². The summed E-state index contributed by atoms with van der Waals surface area (Å²) in [6.45, 7) is 0. The van der Waals surface area contributed by atoms with Gasteiger partial charge in [-0.25, -0.2) is 0 Å². The highest BCUT2D eigenvalue weighted by Gasteiger charge is 2.51. The van der Waals surface area contributed by atoms with E-state index in [4.69, 9.17) is 0 Å². The Bertz CT molecular complexity index is 685. The molecule has 0 spiro atoms. The van der Waals surface area contributed by atoms with Crippen LogP contribution in [0.15, 0.2) is 18.2 Å². The van der Waals surface area contributed by atoms with Crippen molar-refractivity contribution in [1.29, 1.82) is 0 Å². The number of hydrogen-bond donors (Lipinski definition) is 1. The lowest BCUT2D eigenvalue weighted by molar-refractivity contribution is -0.137. The third-order valence-corrected chi connectivity index (χ3v) is 6.61. The second kappa shape index (κ2) is 6.17. The molecule has 4 aliphatic carbocycles. The molecular formula is C20H25F3N2O. The monoisotopic (exact) mass is 366 g/mol. The zero-order chi connectivity index (χ0) is 18.6. The third kappa shape index (κ3) is 3.08. The van der Waals surface area contributed by atoms with Gasteiger partial charge in [-0.1, -0.05) is 0 Å². The summed E-state index contributed by atoms with van der Waals surface area (Å²) in [6.07, 6.45) is 1.05. The summed E-state index contributed by atoms with van der Waals surface area (Å²) in [6, 6.07) is 4.10. The Kier molecular flexibility index (Phi) is 4.20. The molecule has 0 aromatic heterocycles. The van der Waals surface area contributed by atoms with Gasteiger partial charge >= 0.3 is 6.18 Å². The standard InChI is InChI=1S/C20H25F3N2O/c1-25(2)15-3-4-17(16(10-15)20(21,22)23)24-19(26)18-13-6-11-5-12(8-13)9-14(18)7-11/h3-4,10-14,18H,5-9H2,1-2H3,(H,24,26). The molecule has 0 aliphatic heterocycles. The van der Waals surface area contributed by atoms with E-state index < -0.39 is 11.7 Å². The van der Waals surface area contributed by atoms with E-state index in [1.165, 1.54) is 12.5 Å². The summed E-state index contributed by atoms with van der Waals surface area (Å²) >= 11 is 0. The quantitative estimate of drug-likeness (QED) is 0.835. The van der Waals surface area contributed by atoms with Gasteiger partial charge in [0.25, 0.3) is 0 Å². The first kappa shape index (κ1) is 17.7. The second-order valence-electron chi connectivity index (χ2n) is 8.57. The lowest BCUT2D eigenvalue weighted by Gasteiger charge is -2.53. The van der Waals surface area contributed by atoms with Crippen LogP contribution in [0.1, 0.15) is 37.7 Å². The van der Waals surface area contributed by atoms with Crippen LogP contribution in [-0.4, -0.2) is 20.0 Å². The number of rotatable bonds is 3. The molecule has 0 unspecified atom stereocenters. The number of carbonyl (C=O) groups excluding carboxylic acids is 1. The predicted molar refractivity (Wildman–Crippen MR) is 94.9 cm³/mol. The van der Waals surface area contributed by atoms with Gasteiger partial charge in [0.15, 0.2) is 0 Å². The molecule has 1 N–H and O–H groups in total. The number of hydrogen-bond acceptors (Lipinski definition) is 2. The Balaban J connectivity index is 1.58. The summed E-state index contributed by atoms with van der Waals surface area (Å²) in [5, 5.41) is 2.63. The number of nitrogens with zero attached hydrogens (tertiary/aromatic N) is 1. The number of anilines is 2. The second-order valence-corrected chi connectivity index (χ2v) is 8.57. The predicted octanol–water partition coefficient (Wildman–Crippen LogP) is 4.78. The van der Waals surface area contributed by atoms with E-state index in [0.717, 1.165) is 43.6 Å². The van der Waals surface area contributed by atoms with Crippen molar-refractivity contribution in [2.75, 3.05) is 24.3 Å². The van der Waals surface area contributed by atoms with Crippen molar-refractivity contribution in [3.05, 3.63) is 23.8 Å². The van der Waals surface area contributed by atoms with Crippen molar-refractivity contribution in [3.63, 3.8) is 0 Å². The molecule has 0 radical (unpaired) electrons. The Hall–Kier alpha value is -1.72. The van der Waals surface area contributed by atoms with Crippen LogP contribution in [-0.2, 0) is 11.0 Å². The molecular weight excluding hydrogens is 341 g/mol. The van der Waals surface area contributed by atoms with Gasteiger partial charge in [0.05, 0.1) is 11.3 Å². The van der Waals surface area contributed by atoms with Crippen LogP contribution < -0.4 is 10.2 Å².